The van der Waals surface area contributed by atoms with Crippen molar-refractivity contribution in [1.82, 2.24) is 15.1 Å². The van der Waals surface area contributed by atoms with Crippen LogP contribution in [-0.2, 0) is 16.1 Å². The van der Waals surface area contributed by atoms with Crippen molar-refractivity contribution < 1.29 is 9.53 Å². The van der Waals surface area contributed by atoms with Crippen molar-refractivity contribution in [2.75, 3.05) is 45.9 Å². The predicted octanol–water partition coefficient (Wildman–Crippen LogP) is 2.15. The number of rotatable bonds is 10. The molecular weight excluding hydrogens is 326 g/mol. The lowest BCUT2D eigenvalue weighted by molar-refractivity contribution is -0.123. The summed E-state index contributed by atoms with van der Waals surface area (Å²) in [6.07, 6.45) is 1.91. The zero-order chi connectivity index (χ0) is 18.8. The van der Waals surface area contributed by atoms with Gasteiger partial charge >= 0.3 is 0 Å². The minimum atomic E-state index is 0.0346. The number of carbonyl (C=O) groups excluding carboxylic acids is 1. The maximum absolute atomic E-state index is 12.4. The minimum absolute atomic E-state index is 0.0346. The van der Waals surface area contributed by atoms with Crippen LogP contribution in [0.25, 0.3) is 0 Å². The maximum Gasteiger partial charge on any atom is 0.234 e. The van der Waals surface area contributed by atoms with Crippen molar-refractivity contribution in [2.45, 2.75) is 26.5 Å². The van der Waals surface area contributed by atoms with Crippen LogP contribution in [0, 0.1) is 5.92 Å². The van der Waals surface area contributed by atoms with Gasteiger partial charge in [0.25, 0.3) is 0 Å². The van der Waals surface area contributed by atoms with Gasteiger partial charge in [0.15, 0.2) is 0 Å². The third-order valence-electron chi connectivity index (χ3n) is 4.38. The molecule has 1 aliphatic heterocycles. The van der Waals surface area contributed by atoms with Gasteiger partial charge in [0.2, 0.25) is 5.91 Å². The first-order valence-corrected chi connectivity index (χ1v) is 9.54. The second-order valence-corrected chi connectivity index (χ2v) is 7.39. The van der Waals surface area contributed by atoms with Gasteiger partial charge in [0.05, 0.1) is 19.3 Å². The molecule has 144 valence electrons. The van der Waals surface area contributed by atoms with E-state index < -0.39 is 0 Å². The van der Waals surface area contributed by atoms with Gasteiger partial charge in [-0.2, -0.15) is 0 Å². The Balaban J connectivity index is 1.76. The zero-order valence-corrected chi connectivity index (χ0v) is 16.2. The molecule has 0 radical (unpaired) electrons. The van der Waals surface area contributed by atoms with Gasteiger partial charge in [0, 0.05) is 39.3 Å². The molecule has 1 aromatic rings. The molecule has 1 fully saturated rings. The highest BCUT2D eigenvalue weighted by molar-refractivity contribution is 5.78. The van der Waals surface area contributed by atoms with Crippen LogP contribution in [0.1, 0.15) is 19.4 Å². The first-order valence-electron chi connectivity index (χ1n) is 9.54. The predicted molar refractivity (Wildman–Crippen MR) is 106 cm³/mol. The Morgan fingerprint density at radius 1 is 1.42 bits per heavy atom. The van der Waals surface area contributed by atoms with Gasteiger partial charge in [-0.1, -0.05) is 50.3 Å². The highest BCUT2D eigenvalue weighted by atomic mass is 16.5. The van der Waals surface area contributed by atoms with Gasteiger partial charge in [-0.25, -0.2) is 0 Å². The van der Waals surface area contributed by atoms with Crippen molar-refractivity contribution in [3.05, 3.63) is 48.6 Å². The molecule has 1 aromatic carbocycles. The molecule has 0 saturated carbocycles. The number of benzene rings is 1. The Kier molecular flexibility index (Phi) is 8.81. The fraction of sp³-hybridized carbons (Fsp3) is 0.571. The fourth-order valence-electron chi connectivity index (χ4n) is 3.28. The Labute approximate surface area is 158 Å². The van der Waals surface area contributed by atoms with Crippen molar-refractivity contribution in [3.8, 4) is 0 Å². The average Bonchev–Trinajstić information content (AvgIpc) is 2.61. The lowest BCUT2D eigenvalue weighted by Gasteiger charge is -2.34. The van der Waals surface area contributed by atoms with E-state index in [2.05, 4.69) is 47.7 Å². The van der Waals surface area contributed by atoms with Crippen LogP contribution >= 0.6 is 0 Å². The van der Waals surface area contributed by atoms with Crippen molar-refractivity contribution >= 4 is 5.91 Å². The molecule has 0 aromatic heterocycles. The molecule has 5 heteroatoms. The fourth-order valence-corrected chi connectivity index (χ4v) is 3.28. The molecule has 0 bridgehead atoms. The topological polar surface area (TPSA) is 44.8 Å². The van der Waals surface area contributed by atoms with Crippen LogP contribution in [0.2, 0.25) is 0 Å². The lowest BCUT2D eigenvalue weighted by Crippen LogP contribution is -2.49. The number of carbonyl (C=O) groups is 1. The summed E-state index contributed by atoms with van der Waals surface area (Å²) in [7, 11) is 0. The van der Waals surface area contributed by atoms with Crippen LogP contribution < -0.4 is 5.32 Å². The van der Waals surface area contributed by atoms with E-state index in [1.54, 1.807) is 0 Å². The van der Waals surface area contributed by atoms with Crippen molar-refractivity contribution in [2.24, 2.45) is 5.92 Å². The molecule has 2 rings (SSSR count). The second kappa shape index (κ2) is 11.1. The zero-order valence-electron chi connectivity index (χ0n) is 16.2. The summed E-state index contributed by atoms with van der Waals surface area (Å²) in [6, 6.07) is 10.2. The molecule has 1 amide bonds. The number of hydrogen-bond donors (Lipinski definition) is 1. The largest absolute Gasteiger partial charge is 0.374 e. The molecule has 1 aliphatic rings. The number of amides is 1. The maximum atomic E-state index is 12.4. The van der Waals surface area contributed by atoms with Crippen molar-refractivity contribution in [1.29, 1.82) is 0 Å². The highest BCUT2D eigenvalue weighted by Gasteiger charge is 2.21. The Hall–Kier alpha value is -1.69. The molecule has 1 N–H and O–H groups in total. The number of hydrogen-bond acceptors (Lipinski definition) is 4. The molecule has 0 spiro atoms. The van der Waals surface area contributed by atoms with Crippen LogP contribution in [0.5, 0.6) is 0 Å². The summed E-state index contributed by atoms with van der Waals surface area (Å²) in [4.78, 5) is 16.9. The van der Waals surface area contributed by atoms with E-state index in [-0.39, 0.29) is 12.0 Å². The summed E-state index contributed by atoms with van der Waals surface area (Å²) in [5, 5.41) is 3.03. The van der Waals surface area contributed by atoms with Crippen LogP contribution in [0.3, 0.4) is 0 Å². The first-order chi connectivity index (χ1) is 12.6. The SMILES string of the molecule is C=CCN(CC(=O)NCC1CN(CC(C)C)CCO1)Cc1ccccc1. The number of nitrogens with zero attached hydrogens (tertiary/aromatic N) is 2. The normalized spacial score (nSPS) is 18.2. The molecule has 26 heavy (non-hydrogen) atoms. The summed E-state index contributed by atoms with van der Waals surface area (Å²) < 4.78 is 5.80. The minimum Gasteiger partial charge on any atom is -0.374 e. The first kappa shape index (κ1) is 20.6. The van der Waals surface area contributed by atoms with E-state index in [4.69, 9.17) is 4.74 Å². The number of ether oxygens (including phenoxy) is 1. The summed E-state index contributed by atoms with van der Waals surface area (Å²) in [5.74, 6) is 0.682. The highest BCUT2D eigenvalue weighted by Crippen LogP contribution is 2.08. The van der Waals surface area contributed by atoms with Crippen LogP contribution in [0.15, 0.2) is 43.0 Å². The van der Waals surface area contributed by atoms with E-state index in [1.165, 1.54) is 5.56 Å². The van der Waals surface area contributed by atoms with E-state index in [0.29, 0.717) is 25.6 Å². The average molecular weight is 360 g/mol. The van der Waals surface area contributed by atoms with Gasteiger partial charge in [-0.05, 0) is 11.5 Å². The van der Waals surface area contributed by atoms with E-state index in [0.717, 1.165) is 32.8 Å². The van der Waals surface area contributed by atoms with Crippen molar-refractivity contribution in [3.63, 3.8) is 0 Å². The van der Waals surface area contributed by atoms with E-state index >= 15 is 0 Å². The molecule has 5 nitrogen and oxygen atoms in total. The monoisotopic (exact) mass is 359 g/mol. The quantitative estimate of drug-likeness (QED) is 0.650. The van der Waals surface area contributed by atoms with E-state index in [9.17, 15) is 4.79 Å². The van der Waals surface area contributed by atoms with Gasteiger partial charge in [-0.15, -0.1) is 6.58 Å². The Morgan fingerprint density at radius 2 is 2.19 bits per heavy atom. The summed E-state index contributed by atoms with van der Waals surface area (Å²) >= 11 is 0. The Bertz CT molecular complexity index is 547. The second-order valence-electron chi connectivity index (χ2n) is 7.39. The van der Waals surface area contributed by atoms with E-state index in [1.807, 2.05) is 24.3 Å². The lowest BCUT2D eigenvalue weighted by atomic mass is 10.2. The summed E-state index contributed by atoms with van der Waals surface area (Å²) in [6.45, 7) is 14.3. The standard InChI is InChI=1S/C21H33N3O2/c1-4-10-23(15-19-8-6-5-7-9-19)17-21(25)22-13-20-16-24(11-12-26-20)14-18(2)3/h4-9,18,20H,1,10-17H2,2-3H3,(H,22,25). The smallest absolute Gasteiger partial charge is 0.234 e. The van der Waals surface area contributed by atoms with Gasteiger partial charge in [0.1, 0.15) is 0 Å². The number of morpholine rings is 1. The molecule has 0 aliphatic carbocycles. The Morgan fingerprint density at radius 3 is 2.88 bits per heavy atom. The molecule has 1 atom stereocenters. The van der Waals surface area contributed by atoms with Gasteiger partial charge < -0.3 is 10.1 Å². The molecule has 1 saturated heterocycles. The molecule has 1 heterocycles. The molecule has 1 unspecified atom stereocenters. The molecular formula is C21H33N3O2. The summed E-state index contributed by atoms with van der Waals surface area (Å²) in [5.41, 5.74) is 1.20. The third kappa shape index (κ3) is 7.68. The van der Waals surface area contributed by atoms with Crippen LogP contribution in [-0.4, -0.2) is 67.7 Å². The number of nitrogens with one attached hydrogen (secondary N) is 1. The third-order valence-corrected chi connectivity index (χ3v) is 4.38. The van der Waals surface area contributed by atoms with Crippen LogP contribution in [0.4, 0.5) is 0 Å². The van der Waals surface area contributed by atoms with Gasteiger partial charge in [-0.3, -0.25) is 14.6 Å².